The van der Waals surface area contributed by atoms with Gasteiger partial charge >= 0.3 is 0 Å². The average Bonchev–Trinajstić information content (AvgIpc) is 2.58. The van der Waals surface area contributed by atoms with Crippen molar-refractivity contribution in [3.8, 4) is 17.0 Å². The number of nitrogens with two attached hydrogens (primary N) is 1. The normalized spacial score (nSPS) is 13.0. The van der Waals surface area contributed by atoms with Crippen LogP contribution in [0, 0.1) is 18.7 Å². The number of hydrogen-bond donors (Lipinski definition) is 1. The highest BCUT2D eigenvalue weighted by molar-refractivity contribution is 5.94. The molecule has 0 aliphatic heterocycles. The van der Waals surface area contributed by atoms with Crippen molar-refractivity contribution in [3.63, 3.8) is 0 Å². The van der Waals surface area contributed by atoms with Gasteiger partial charge in [0, 0.05) is 40.5 Å². The van der Waals surface area contributed by atoms with Gasteiger partial charge in [0.1, 0.15) is 5.82 Å². The van der Waals surface area contributed by atoms with Crippen molar-refractivity contribution in [1.29, 1.82) is 0 Å². The second kappa shape index (κ2) is 7.61. The minimum absolute atomic E-state index is 0.211. The largest absolute Gasteiger partial charge is 0.477 e. The Balaban J connectivity index is 1.81. The number of rotatable bonds is 6. The first-order valence-corrected chi connectivity index (χ1v) is 9.16. The number of fused-ring (bicyclic) bond motifs is 1. The molecule has 1 aromatic carbocycles. The van der Waals surface area contributed by atoms with Crippen molar-refractivity contribution >= 4 is 10.9 Å². The first-order chi connectivity index (χ1) is 12.7. The van der Waals surface area contributed by atoms with Crippen LogP contribution in [-0.4, -0.2) is 22.1 Å². The molecule has 3 rings (SSSR count). The van der Waals surface area contributed by atoms with Gasteiger partial charge in [-0.15, -0.1) is 0 Å². The number of halogens is 1. The molecule has 0 spiro atoms. The monoisotopic (exact) mass is 367 g/mol. The third kappa shape index (κ3) is 4.80. The zero-order valence-electron chi connectivity index (χ0n) is 16.3. The van der Waals surface area contributed by atoms with Crippen LogP contribution < -0.4 is 10.5 Å². The summed E-state index contributed by atoms with van der Waals surface area (Å²) >= 11 is 0. The minimum atomic E-state index is -0.292. The Hall–Kier alpha value is -2.53. The lowest BCUT2D eigenvalue weighted by Crippen LogP contribution is -2.35. The second-order valence-corrected chi connectivity index (χ2v) is 7.97. The Morgan fingerprint density at radius 1 is 1.19 bits per heavy atom. The molecule has 0 fully saturated rings. The topological polar surface area (TPSA) is 61.0 Å². The molecular formula is C22H26FN3O. The second-order valence-electron chi connectivity index (χ2n) is 7.97. The molecule has 3 aromatic rings. The number of ether oxygens (including phenoxy) is 1. The lowest BCUT2D eigenvalue weighted by molar-refractivity contribution is 0.221. The van der Waals surface area contributed by atoms with Crippen molar-refractivity contribution in [2.75, 3.05) is 6.61 Å². The summed E-state index contributed by atoms with van der Waals surface area (Å²) < 4.78 is 19.4. The molecule has 0 bridgehead atoms. The van der Waals surface area contributed by atoms with Gasteiger partial charge in [-0.05, 0) is 62.9 Å². The van der Waals surface area contributed by atoms with E-state index in [-0.39, 0.29) is 11.4 Å². The van der Waals surface area contributed by atoms with Crippen molar-refractivity contribution in [2.45, 2.75) is 39.7 Å². The van der Waals surface area contributed by atoms with Crippen LogP contribution in [0.5, 0.6) is 5.88 Å². The highest BCUT2D eigenvalue weighted by atomic mass is 19.1. The van der Waals surface area contributed by atoms with E-state index in [2.05, 4.69) is 16.9 Å². The highest BCUT2D eigenvalue weighted by Gasteiger charge is 2.17. The van der Waals surface area contributed by atoms with E-state index in [0.717, 1.165) is 28.5 Å². The lowest BCUT2D eigenvalue weighted by atomic mass is 9.93. The summed E-state index contributed by atoms with van der Waals surface area (Å²) in [6.45, 7) is 8.72. The minimum Gasteiger partial charge on any atom is -0.477 e. The number of hydrogen-bond acceptors (Lipinski definition) is 4. The number of nitrogens with zero attached hydrogens (tertiary/aromatic N) is 2. The molecule has 5 heteroatoms. The zero-order valence-corrected chi connectivity index (χ0v) is 16.3. The molecule has 0 unspecified atom stereocenters. The van der Waals surface area contributed by atoms with Crippen LogP contribution in [0.1, 0.15) is 32.8 Å². The summed E-state index contributed by atoms with van der Waals surface area (Å²) in [5.74, 6) is 0.676. The molecule has 27 heavy (non-hydrogen) atoms. The van der Waals surface area contributed by atoms with Gasteiger partial charge in [0.2, 0.25) is 5.88 Å². The highest BCUT2D eigenvalue weighted by Crippen LogP contribution is 2.30. The van der Waals surface area contributed by atoms with Gasteiger partial charge in [-0.1, -0.05) is 6.92 Å². The van der Waals surface area contributed by atoms with Crippen molar-refractivity contribution in [2.24, 2.45) is 11.7 Å². The van der Waals surface area contributed by atoms with Gasteiger partial charge in [0.25, 0.3) is 0 Å². The molecule has 0 amide bonds. The summed E-state index contributed by atoms with van der Waals surface area (Å²) in [6, 6.07) is 8.60. The average molecular weight is 367 g/mol. The summed E-state index contributed by atoms with van der Waals surface area (Å²) in [5.41, 5.74) is 9.38. The SMILES string of the molecule is Cc1cc(-c2ccnc3cc(F)ccc23)cnc1OC[C@@H](C)CC(C)(C)N. The Labute approximate surface area is 159 Å². The Kier molecular flexibility index (Phi) is 5.42. The quantitative estimate of drug-likeness (QED) is 0.674. The molecule has 1 atom stereocenters. The molecule has 4 nitrogen and oxygen atoms in total. The van der Waals surface area contributed by atoms with E-state index in [4.69, 9.17) is 10.5 Å². The summed E-state index contributed by atoms with van der Waals surface area (Å²) in [7, 11) is 0. The lowest BCUT2D eigenvalue weighted by Gasteiger charge is -2.23. The van der Waals surface area contributed by atoms with E-state index >= 15 is 0 Å². The zero-order chi connectivity index (χ0) is 19.6. The molecule has 0 radical (unpaired) electrons. The van der Waals surface area contributed by atoms with E-state index in [1.807, 2.05) is 32.9 Å². The molecule has 2 aromatic heterocycles. The Morgan fingerprint density at radius 3 is 2.67 bits per heavy atom. The summed E-state index contributed by atoms with van der Waals surface area (Å²) in [6.07, 6.45) is 4.36. The van der Waals surface area contributed by atoms with E-state index in [1.165, 1.54) is 12.1 Å². The van der Waals surface area contributed by atoms with Crippen molar-refractivity contribution < 1.29 is 9.13 Å². The number of aromatic nitrogens is 2. The molecule has 0 saturated carbocycles. The predicted octanol–water partition coefficient (Wildman–Crippen LogP) is 4.89. The van der Waals surface area contributed by atoms with Crippen molar-refractivity contribution in [1.82, 2.24) is 9.97 Å². The third-order valence-corrected chi connectivity index (χ3v) is 4.43. The fourth-order valence-corrected chi connectivity index (χ4v) is 3.41. The number of pyridine rings is 2. The van der Waals surface area contributed by atoms with Gasteiger partial charge < -0.3 is 10.5 Å². The molecule has 0 aliphatic rings. The maximum absolute atomic E-state index is 13.5. The Morgan fingerprint density at radius 2 is 1.96 bits per heavy atom. The molecule has 2 heterocycles. The van der Waals surface area contributed by atoms with E-state index < -0.39 is 0 Å². The molecule has 0 saturated heterocycles. The maximum Gasteiger partial charge on any atom is 0.216 e. The van der Waals surface area contributed by atoms with Gasteiger partial charge in [0.05, 0.1) is 12.1 Å². The van der Waals surface area contributed by atoms with Crippen LogP contribution in [0.25, 0.3) is 22.0 Å². The predicted molar refractivity (Wildman–Crippen MR) is 107 cm³/mol. The first-order valence-electron chi connectivity index (χ1n) is 9.16. The van der Waals surface area contributed by atoms with Crippen LogP contribution in [-0.2, 0) is 0 Å². The van der Waals surface area contributed by atoms with Crippen LogP contribution in [0.15, 0.2) is 42.7 Å². The molecule has 142 valence electrons. The molecular weight excluding hydrogens is 341 g/mol. The molecule has 0 aliphatic carbocycles. The van der Waals surface area contributed by atoms with Gasteiger partial charge in [-0.25, -0.2) is 9.37 Å². The maximum atomic E-state index is 13.5. The van der Waals surface area contributed by atoms with Gasteiger partial charge in [-0.2, -0.15) is 0 Å². The van der Waals surface area contributed by atoms with E-state index in [0.29, 0.717) is 23.9 Å². The van der Waals surface area contributed by atoms with E-state index in [9.17, 15) is 4.39 Å². The fourth-order valence-electron chi connectivity index (χ4n) is 3.41. The van der Waals surface area contributed by atoms with Crippen molar-refractivity contribution in [3.05, 3.63) is 54.1 Å². The molecule has 2 N–H and O–H groups in total. The first kappa shape index (κ1) is 19.2. The van der Waals surface area contributed by atoms with Crippen LogP contribution in [0.3, 0.4) is 0 Å². The van der Waals surface area contributed by atoms with Crippen LogP contribution >= 0.6 is 0 Å². The Bertz CT molecular complexity index is 950. The van der Waals surface area contributed by atoms with Gasteiger partial charge in [0.15, 0.2) is 0 Å². The third-order valence-electron chi connectivity index (χ3n) is 4.43. The summed E-state index contributed by atoms with van der Waals surface area (Å²) in [4.78, 5) is 8.75. The standard InChI is InChI=1S/C22H26FN3O/c1-14(11-22(3,4)24)13-27-21-15(2)9-16(12-26-21)18-7-8-25-20-10-17(23)5-6-19(18)20/h5-10,12,14H,11,13,24H2,1-4H3/t14-/m0/s1. The van der Waals surface area contributed by atoms with E-state index in [1.54, 1.807) is 18.5 Å². The number of aryl methyl sites for hydroxylation is 1. The fraction of sp³-hybridized carbons (Fsp3) is 0.364. The number of benzene rings is 1. The van der Waals surface area contributed by atoms with Crippen LogP contribution in [0.2, 0.25) is 0 Å². The summed E-state index contributed by atoms with van der Waals surface area (Å²) in [5, 5.41) is 0.896. The smallest absolute Gasteiger partial charge is 0.216 e. The van der Waals surface area contributed by atoms with Gasteiger partial charge in [-0.3, -0.25) is 4.98 Å². The van der Waals surface area contributed by atoms with Crippen LogP contribution in [0.4, 0.5) is 4.39 Å².